The molecule has 1 aliphatic rings. The number of guanidine groups is 1. The molecule has 1 unspecified atom stereocenters. The molecule has 2 aromatic carbocycles. The van der Waals surface area contributed by atoms with Crippen LogP contribution in [0.1, 0.15) is 12.0 Å². The van der Waals surface area contributed by atoms with Gasteiger partial charge >= 0.3 is 0 Å². The molecule has 2 N–H and O–H groups in total. The third kappa shape index (κ3) is 6.47. The topological polar surface area (TPSA) is 76.6 Å². The van der Waals surface area contributed by atoms with Crippen molar-refractivity contribution >= 4 is 35.6 Å². The van der Waals surface area contributed by atoms with Gasteiger partial charge in [0.25, 0.3) is 0 Å². The van der Waals surface area contributed by atoms with Crippen molar-refractivity contribution in [2.75, 3.05) is 53.5 Å². The van der Waals surface area contributed by atoms with E-state index in [-0.39, 0.29) is 30.0 Å². The molecular formula is C23H33IN4O4. The predicted molar refractivity (Wildman–Crippen MR) is 138 cm³/mol. The molecular weight excluding hydrogens is 523 g/mol. The molecule has 176 valence electrons. The van der Waals surface area contributed by atoms with E-state index in [1.54, 1.807) is 35.5 Å². The van der Waals surface area contributed by atoms with E-state index in [1.165, 1.54) is 0 Å². The highest BCUT2D eigenvalue weighted by Crippen LogP contribution is 2.30. The minimum Gasteiger partial charge on any atom is -0.497 e. The minimum atomic E-state index is 0. The van der Waals surface area contributed by atoms with Gasteiger partial charge in [-0.25, -0.2) is 0 Å². The van der Waals surface area contributed by atoms with E-state index >= 15 is 0 Å². The third-order valence-corrected chi connectivity index (χ3v) is 5.39. The van der Waals surface area contributed by atoms with Gasteiger partial charge in [0.1, 0.15) is 23.0 Å². The fraction of sp³-hybridized carbons (Fsp3) is 0.435. The first kappa shape index (κ1) is 25.7. The van der Waals surface area contributed by atoms with Crippen LogP contribution in [0, 0.1) is 0 Å². The second kappa shape index (κ2) is 12.5. The maximum absolute atomic E-state index is 5.48. The first-order valence-electron chi connectivity index (χ1n) is 10.3. The third-order valence-electron chi connectivity index (χ3n) is 5.39. The Morgan fingerprint density at radius 1 is 0.969 bits per heavy atom. The molecule has 9 heteroatoms. The Kier molecular flexibility index (Phi) is 10.0. The van der Waals surface area contributed by atoms with E-state index in [0.29, 0.717) is 6.54 Å². The Hall–Kier alpha value is -2.56. The quantitative estimate of drug-likeness (QED) is 0.294. The van der Waals surface area contributed by atoms with Gasteiger partial charge in [0.05, 0.1) is 28.4 Å². The summed E-state index contributed by atoms with van der Waals surface area (Å²) in [5.74, 6) is 3.88. The monoisotopic (exact) mass is 556 g/mol. The average Bonchev–Trinajstić information content (AvgIpc) is 3.29. The maximum Gasteiger partial charge on any atom is 0.191 e. The molecule has 0 bridgehead atoms. The zero-order valence-electron chi connectivity index (χ0n) is 19.3. The van der Waals surface area contributed by atoms with Gasteiger partial charge in [-0.2, -0.15) is 0 Å². The van der Waals surface area contributed by atoms with Gasteiger partial charge in [-0.1, -0.05) is 0 Å². The number of benzene rings is 2. The average molecular weight is 556 g/mol. The van der Waals surface area contributed by atoms with Gasteiger partial charge in [-0.3, -0.25) is 4.99 Å². The number of methoxy groups -OCH3 is 4. The number of nitrogens with zero attached hydrogens (tertiary/aromatic N) is 2. The van der Waals surface area contributed by atoms with E-state index < -0.39 is 0 Å². The second-order valence-electron chi connectivity index (χ2n) is 7.25. The number of hydrogen-bond acceptors (Lipinski definition) is 6. The van der Waals surface area contributed by atoms with Gasteiger partial charge in [-0.15, -0.1) is 24.0 Å². The maximum atomic E-state index is 5.48. The Morgan fingerprint density at radius 2 is 1.66 bits per heavy atom. The highest BCUT2D eigenvalue weighted by atomic mass is 127. The van der Waals surface area contributed by atoms with Crippen molar-refractivity contribution in [1.82, 2.24) is 10.6 Å². The number of halogens is 1. The molecule has 1 heterocycles. The van der Waals surface area contributed by atoms with E-state index in [9.17, 15) is 0 Å². The van der Waals surface area contributed by atoms with Crippen LogP contribution in [-0.4, -0.2) is 60.6 Å². The summed E-state index contributed by atoms with van der Waals surface area (Å²) in [6.45, 7) is 2.40. The summed E-state index contributed by atoms with van der Waals surface area (Å²) in [5, 5.41) is 6.90. The van der Waals surface area contributed by atoms with Gasteiger partial charge < -0.3 is 34.5 Å². The van der Waals surface area contributed by atoms with Crippen LogP contribution in [0.5, 0.6) is 23.0 Å². The lowest BCUT2D eigenvalue weighted by molar-refractivity contribution is 0.390. The fourth-order valence-electron chi connectivity index (χ4n) is 3.65. The first-order chi connectivity index (χ1) is 15.1. The molecule has 1 saturated heterocycles. The number of aliphatic imine (C=N–C) groups is 1. The molecule has 0 radical (unpaired) electrons. The SMILES string of the molecule is CN=C(NCc1ccc(OC)cc1OC)NC1CCN(c2cc(OC)cc(OC)c2)C1.I. The summed E-state index contributed by atoms with van der Waals surface area (Å²) in [6, 6.07) is 12.0. The highest BCUT2D eigenvalue weighted by Gasteiger charge is 2.24. The summed E-state index contributed by atoms with van der Waals surface area (Å²) in [7, 11) is 8.41. The van der Waals surface area contributed by atoms with Crippen molar-refractivity contribution in [2.24, 2.45) is 4.99 Å². The lowest BCUT2D eigenvalue weighted by atomic mass is 10.2. The number of nitrogens with one attached hydrogen (secondary N) is 2. The predicted octanol–water partition coefficient (Wildman–Crippen LogP) is 3.28. The smallest absolute Gasteiger partial charge is 0.191 e. The highest BCUT2D eigenvalue weighted by molar-refractivity contribution is 14.0. The molecule has 0 aromatic heterocycles. The summed E-state index contributed by atoms with van der Waals surface area (Å²) >= 11 is 0. The van der Waals surface area contributed by atoms with Crippen molar-refractivity contribution in [3.8, 4) is 23.0 Å². The van der Waals surface area contributed by atoms with E-state index in [4.69, 9.17) is 18.9 Å². The van der Waals surface area contributed by atoms with E-state index in [0.717, 1.165) is 59.7 Å². The van der Waals surface area contributed by atoms with Gasteiger partial charge in [-0.05, 0) is 18.6 Å². The Balaban J connectivity index is 0.00000363. The molecule has 1 atom stereocenters. The zero-order chi connectivity index (χ0) is 22.2. The van der Waals surface area contributed by atoms with Crippen LogP contribution in [-0.2, 0) is 6.54 Å². The van der Waals surface area contributed by atoms with Gasteiger partial charge in [0, 0.05) is 68.2 Å². The Morgan fingerprint density at radius 3 is 2.25 bits per heavy atom. The molecule has 8 nitrogen and oxygen atoms in total. The fourth-order valence-corrected chi connectivity index (χ4v) is 3.65. The molecule has 0 saturated carbocycles. The number of anilines is 1. The molecule has 1 fully saturated rings. The second-order valence-corrected chi connectivity index (χ2v) is 7.25. The number of rotatable bonds is 8. The van der Waals surface area contributed by atoms with Gasteiger partial charge in [0.15, 0.2) is 5.96 Å². The van der Waals surface area contributed by atoms with Crippen molar-refractivity contribution in [2.45, 2.75) is 19.0 Å². The van der Waals surface area contributed by atoms with Gasteiger partial charge in [0.2, 0.25) is 0 Å². The normalized spacial score (nSPS) is 15.6. The van der Waals surface area contributed by atoms with Crippen LogP contribution in [0.4, 0.5) is 5.69 Å². The molecule has 0 aliphatic carbocycles. The van der Waals surface area contributed by atoms with Crippen molar-refractivity contribution in [3.05, 3.63) is 42.0 Å². The minimum absolute atomic E-state index is 0. The molecule has 32 heavy (non-hydrogen) atoms. The molecule has 0 spiro atoms. The van der Waals surface area contributed by atoms with Crippen LogP contribution in [0.2, 0.25) is 0 Å². The number of ether oxygens (including phenoxy) is 4. The lowest BCUT2D eigenvalue weighted by Gasteiger charge is -2.21. The molecule has 0 amide bonds. The van der Waals surface area contributed by atoms with Crippen molar-refractivity contribution < 1.29 is 18.9 Å². The van der Waals surface area contributed by atoms with Crippen LogP contribution in [0.25, 0.3) is 0 Å². The zero-order valence-corrected chi connectivity index (χ0v) is 21.6. The van der Waals surface area contributed by atoms with Crippen molar-refractivity contribution in [3.63, 3.8) is 0 Å². The lowest BCUT2D eigenvalue weighted by Crippen LogP contribution is -2.44. The van der Waals surface area contributed by atoms with Crippen LogP contribution >= 0.6 is 24.0 Å². The first-order valence-corrected chi connectivity index (χ1v) is 10.3. The Bertz CT molecular complexity index is 887. The van der Waals surface area contributed by atoms with E-state index in [2.05, 4.69) is 20.5 Å². The van der Waals surface area contributed by atoms with Crippen LogP contribution in [0.15, 0.2) is 41.4 Å². The largest absolute Gasteiger partial charge is 0.497 e. The van der Waals surface area contributed by atoms with Crippen LogP contribution < -0.4 is 34.5 Å². The molecule has 2 aromatic rings. The van der Waals surface area contributed by atoms with Crippen molar-refractivity contribution in [1.29, 1.82) is 0 Å². The Labute approximate surface area is 207 Å². The molecule has 1 aliphatic heterocycles. The van der Waals surface area contributed by atoms with Crippen LogP contribution in [0.3, 0.4) is 0 Å². The summed E-state index contributed by atoms with van der Waals surface area (Å²) in [4.78, 5) is 6.70. The molecule has 3 rings (SSSR count). The number of hydrogen-bond donors (Lipinski definition) is 2. The summed E-state index contributed by atoms with van der Waals surface area (Å²) in [6.07, 6.45) is 1.01. The van der Waals surface area contributed by atoms with E-state index in [1.807, 2.05) is 36.4 Å². The summed E-state index contributed by atoms with van der Waals surface area (Å²) < 4.78 is 21.6. The standard InChI is InChI=1S/C23H32N4O4.HI/c1-24-23(25-14-16-6-7-19(28-2)13-22(16)31-5)26-17-8-9-27(15-17)18-10-20(29-3)12-21(11-18)30-4;/h6-7,10-13,17H,8-9,14-15H2,1-5H3,(H2,24,25,26);1H. The summed E-state index contributed by atoms with van der Waals surface area (Å²) in [5.41, 5.74) is 2.12.